The molecular formula is C24H28N2O3. The Bertz CT molecular complexity index is 954. The molecule has 3 amide bonds. The number of phenolic OH excluding ortho intramolecular Hbond substituents is 1. The summed E-state index contributed by atoms with van der Waals surface area (Å²) in [5, 5.41) is 15.4. The molecule has 3 N–H and O–H groups in total. The summed E-state index contributed by atoms with van der Waals surface area (Å²) in [5.41, 5.74) is 2.32. The minimum atomic E-state index is -0.671. The van der Waals surface area contributed by atoms with Crippen molar-refractivity contribution < 1.29 is 14.7 Å². The van der Waals surface area contributed by atoms with Crippen LogP contribution in [0.4, 0.5) is 10.5 Å². The van der Waals surface area contributed by atoms with Gasteiger partial charge in [-0.25, -0.2) is 4.79 Å². The van der Waals surface area contributed by atoms with E-state index in [1.54, 1.807) is 42.5 Å². The average molecular weight is 392 g/mol. The van der Waals surface area contributed by atoms with Gasteiger partial charge in [-0.05, 0) is 71.8 Å². The largest absolute Gasteiger partial charge is 0.506 e. The van der Waals surface area contributed by atoms with Gasteiger partial charge in [0.05, 0.1) is 5.69 Å². The molecule has 2 bridgehead atoms. The first-order valence-corrected chi connectivity index (χ1v) is 10.2. The van der Waals surface area contributed by atoms with Crippen LogP contribution in [0.2, 0.25) is 0 Å². The topological polar surface area (TPSA) is 78.4 Å². The number of hydrogen-bond acceptors (Lipinski definition) is 3. The van der Waals surface area contributed by atoms with Gasteiger partial charge in [0.1, 0.15) is 5.75 Å². The first kappa shape index (κ1) is 19.5. The molecule has 0 heterocycles. The van der Waals surface area contributed by atoms with Crippen LogP contribution >= 0.6 is 0 Å². The van der Waals surface area contributed by atoms with Gasteiger partial charge in [0, 0.05) is 5.56 Å². The van der Waals surface area contributed by atoms with Crippen LogP contribution in [0.5, 0.6) is 5.75 Å². The van der Waals surface area contributed by atoms with Gasteiger partial charge in [0.15, 0.2) is 0 Å². The molecule has 3 unspecified atom stereocenters. The molecule has 2 aromatic rings. The predicted octanol–water partition coefficient (Wildman–Crippen LogP) is 5.28. The van der Waals surface area contributed by atoms with Gasteiger partial charge >= 0.3 is 6.03 Å². The Morgan fingerprint density at radius 3 is 2.38 bits per heavy atom. The number of hydrogen-bond donors (Lipinski definition) is 3. The zero-order valence-corrected chi connectivity index (χ0v) is 17.2. The highest BCUT2D eigenvalue weighted by Crippen LogP contribution is 2.71. The molecule has 2 fully saturated rings. The van der Waals surface area contributed by atoms with E-state index in [1.165, 1.54) is 12.8 Å². The number of phenols is 1. The molecule has 0 spiro atoms. The summed E-state index contributed by atoms with van der Waals surface area (Å²) < 4.78 is 0. The molecule has 5 heteroatoms. The van der Waals surface area contributed by atoms with Gasteiger partial charge in [-0.2, -0.15) is 0 Å². The van der Waals surface area contributed by atoms with Crippen LogP contribution < -0.4 is 10.6 Å². The van der Waals surface area contributed by atoms with E-state index in [0.29, 0.717) is 28.5 Å². The predicted molar refractivity (Wildman–Crippen MR) is 113 cm³/mol. The molecule has 2 aliphatic rings. The molecule has 3 atom stereocenters. The molecule has 4 rings (SSSR count). The summed E-state index contributed by atoms with van der Waals surface area (Å²) in [5.74, 6) is 0.655. The monoisotopic (exact) mass is 392 g/mol. The maximum absolute atomic E-state index is 12.2. The summed E-state index contributed by atoms with van der Waals surface area (Å²) in [6.45, 7) is 7.11. The van der Waals surface area contributed by atoms with Crippen LogP contribution in [-0.2, 0) is 0 Å². The normalized spacial score (nSPS) is 26.9. The molecule has 0 saturated heterocycles. The number of carbonyl (C=O) groups is 2. The van der Waals surface area contributed by atoms with Crippen LogP contribution in [0.3, 0.4) is 0 Å². The van der Waals surface area contributed by atoms with Gasteiger partial charge in [-0.1, -0.05) is 45.0 Å². The van der Waals surface area contributed by atoms with E-state index >= 15 is 0 Å². The van der Waals surface area contributed by atoms with Crippen molar-refractivity contribution in [3.05, 3.63) is 59.7 Å². The van der Waals surface area contributed by atoms with Crippen LogP contribution in [-0.4, -0.2) is 17.0 Å². The molecule has 152 valence electrons. The quantitative estimate of drug-likeness (QED) is 0.622. The zero-order valence-electron chi connectivity index (χ0n) is 17.2. The maximum atomic E-state index is 12.2. The fraction of sp³-hybridized carbons (Fsp3) is 0.417. The summed E-state index contributed by atoms with van der Waals surface area (Å²) in [6.07, 6.45) is 3.63. The Hall–Kier alpha value is -2.82. The second-order valence-electron chi connectivity index (χ2n) is 9.21. The number of benzene rings is 2. The number of carbonyl (C=O) groups excluding carboxylic acids is 2. The van der Waals surface area contributed by atoms with E-state index in [1.807, 2.05) is 6.07 Å². The molecule has 2 aliphatic carbocycles. The fourth-order valence-electron chi connectivity index (χ4n) is 5.50. The van der Waals surface area contributed by atoms with E-state index in [-0.39, 0.29) is 11.2 Å². The smallest absolute Gasteiger partial charge is 0.326 e. The maximum Gasteiger partial charge on any atom is 0.326 e. The molecule has 0 aromatic heterocycles. The Labute approximate surface area is 171 Å². The van der Waals surface area contributed by atoms with Crippen LogP contribution in [0.15, 0.2) is 48.5 Å². The van der Waals surface area contributed by atoms with Crippen molar-refractivity contribution in [2.75, 3.05) is 5.32 Å². The molecule has 2 saturated carbocycles. The molecule has 29 heavy (non-hydrogen) atoms. The molecule has 0 aliphatic heterocycles. The Morgan fingerprint density at radius 1 is 1.07 bits per heavy atom. The lowest BCUT2D eigenvalue weighted by Crippen LogP contribution is -2.34. The van der Waals surface area contributed by atoms with Crippen molar-refractivity contribution in [2.24, 2.45) is 16.7 Å². The summed E-state index contributed by atoms with van der Waals surface area (Å²) in [7, 11) is 0. The third kappa shape index (κ3) is 3.18. The van der Waals surface area contributed by atoms with Gasteiger partial charge in [-0.15, -0.1) is 0 Å². The second kappa shape index (κ2) is 6.90. The Kier molecular flexibility index (Phi) is 4.64. The van der Waals surface area contributed by atoms with Crippen molar-refractivity contribution in [1.29, 1.82) is 0 Å². The van der Waals surface area contributed by atoms with Gasteiger partial charge < -0.3 is 10.4 Å². The lowest BCUT2D eigenvalue weighted by atomic mass is 9.65. The first-order valence-electron chi connectivity index (χ1n) is 10.2. The third-order valence-corrected chi connectivity index (χ3v) is 7.73. The number of urea groups is 1. The van der Waals surface area contributed by atoms with Gasteiger partial charge in [0.2, 0.25) is 0 Å². The van der Waals surface area contributed by atoms with Crippen molar-refractivity contribution in [3.63, 3.8) is 0 Å². The van der Waals surface area contributed by atoms with E-state index in [4.69, 9.17) is 0 Å². The van der Waals surface area contributed by atoms with Crippen LogP contribution in [0, 0.1) is 16.7 Å². The number of rotatable bonds is 3. The van der Waals surface area contributed by atoms with Crippen molar-refractivity contribution in [2.45, 2.75) is 46.0 Å². The van der Waals surface area contributed by atoms with Crippen molar-refractivity contribution in [1.82, 2.24) is 5.32 Å². The highest BCUT2D eigenvalue weighted by atomic mass is 16.3. The van der Waals surface area contributed by atoms with Crippen molar-refractivity contribution >= 4 is 17.6 Å². The minimum absolute atomic E-state index is 0.0222. The highest BCUT2D eigenvalue weighted by molar-refractivity contribution is 6.08. The Balaban J connectivity index is 1.46. The first-order chi connectivity index (χ1) is 13.7. The van der Waals surface area contributed by atoms with E-state index in [0.717, 1.165) is 12.0 Å². The van der Waals surface area contributed by atoms with Gasteiger partial charge in [0.25, 0.3) is 5.91 Å². The highest BCUT2D eigenvalue weighted by Gasteiger charge is 2.61. The van der Waals surface area contributed by atoms with Crippen molar-refractivity contribution in [3.8, 4) is 5.75 Å². The summed E-state index contributed by atoms with van der Waals surface area (Å²) in [6, 6.07) is 13.3. The van der Waals surface area contributed by atoms with E-state index in [2.05, 4.69) is 31.4 Å². The second-order valence-corrected chi connectivity index (χ2v) is 9.21. The summed E-state index contributed by atoms with van der Waals surface area (Å²) in [4.78, 5) is 24.3. The molecule has 0 radical (unpaired) electrons. The van der Waals surface area contributed by atoms with E-state index < -0.39 is 11.9 Å². The average Bonchev–Trinajstić information content (AvgIpc) is 3.03. The number of fused-ring (bicyclic) bond motifs is 2. The lowest BCUT2D eigenvalue weighted by molar-refractivity contribution is 0.0967. The van der Waals surface area contributed by atoms with Crippen LogP contribution in [0.25, 0.3) is 0 Å². The number of amides is 3. The molecule has 5 nitrogen and oxygen atoms in total. The number of imide groups is 1. The SMILES string of the molecule is CC1(C)C2CCC1(C)C(c1ccc(NC(=O)NC(=O)c3ccccc3)c(O)c1)C2. The molecule has 2 aromatic carbocycles. The van der Waals surface area contributed by atoms with Crippen LogP contribution in [0.1, 0.15) is 61.9 Å². The minimum Gasteiger partial charge on any atom is -0.506 e. The third-order valence-electron chi connectivity index (χ3n) is 7.73. The zero-order chi connectivity index (χ0) is 20.8. The van der Waals surface area contributed by atoms with E-state index in [9.17, 15) is 14.7 Å². The number of aromatic hydroxyl groups is 1. The summed E-state index contributed by atoms with van der Waals surface area (Å²) >= 11 is 0. The number of anilines is 1. The molecular weight excluding hydrogens is 364 g/mol. The lowest BCUT2D eigenvalue weighted by Gasteiger charge is -2.39. The van der Waals surface area contributed by atoms with Gasteiger partial charge in [-0.3, -0.25) is 10.1 Å². The standard InChI is InChI=1S/C24H28N2O3/c1-23(2)17-11-12-24(23,3)18(14-17)16-9-10-19(20(27)13-16)25-22(29)26-21(28)15-7-5-4-6-8-15/h4-10,13,17-18,27H,11-12,14H2,1-3H3,(H2,25,26,28,29). The fourth-order valence-corrected chi connectivity index (χ4v) is 5.50. The Morgan fingerprint density at radius 2 is 1.79 bits per heavy atom. The number of nitrogens with one attached hydrogen (secondary N) is 2.